The monoisotopic (exact) mass is 486 g/mol. The number of fused-ring (bicyclic) bond motifs is 2. The molecule has 5 rings (SSSR count). The molecule has 0 atom stereocenters. The summed E-state index contributed by atoms with van der Waals surface area (Å²) < 4.78 is 0.782. The minimum Gasteiger partial charge on any atom is -0.478 e. The molecule has 1 aromatic heterocycles. The van der Waals surface area contributed by atoms with Crippen molar-refractivity contribution in [2.45, 2.75) is 6.92 Å². The molecular weight excluding hydrogens is 472 g/mol. The number of nitrogens with zero attached hydrogens (tertiary/aromatic N) is 2. The summed E-state index contributed by atoms with van der Waals surface area (Å²) >= 11 is 3.41. The van der Waals surface area contributed by atoms with E-state index in [1.54, 1.807) is 54.6 Å². The summed E-state index contributed by atoms with van der Waals surface area (Å²) in [6, 6.07) is 18.7. The number of aromatic nitrogens is 1. The number of pyridine rings is 1. The number of amides is 2. The normalized spacial score (nSPS) is 13.0. The summed E-state index contributed by atoms with van der Waals surface area (Å²) in [5.41, 5.74) is 3.98. The Morgan fingerprint density at radius 1 is 0.938 bits per heavy atom. The molecule has 0 aliphatic carbocycles. The third-order valence-electron chi connectivity index (χ3n) is 5.51. The number of carbonyl (C=O) groups is 3. The SMILES string of the molecule is Cc1cc(Br)cc2c(C(=O)O)cc(-c3ccc(N4C(=O)c5ccccc5C4=O)cc3)nc12. The second-order valence-corrected chi connectivity index (χ2v) is 8.43. The van der Waals surface area contributed by atoms with Gasteiger partial charge in [0, 0.05) is 15.4 Å². The average molecular weight is 487 g/mol. The Kier molecular flexibility index (Phi) is 4.64. The maximum atomic E-state index is 12.7. The molecule has 0 fully saturated rings. The zero-order valence-electron chi connectivity index (χ0n) is 16.8. The van der Waals surface area contributed by atoms with Gasteiger partial charge in [-0.05, 0) is 55.0 Å². The van der Waals surface area contributed by atoms with Crippen LogP contribution >= 0.6 is 15.9 Å². The van der Waals surface area contributed by atoms with Crippen LogP contribution in [0, 0.1) is 6.92 Å². The number of hydrogen-bond donors (Lipinski definition) is 1. The first-order valence-electron chi connectivity index (χ1n) is 9.77. The number of carbonyl (C=O) groups excluding carboxylic acids is 2. The molecule has 0 bridgehead atoms. The predicted molar refractivity (Wildman–Crippen MR) is 124 cm³/mol. The third-order valence-corrected chi connectivity index (χ3v) is 5.97. The van der Waals surface area contributed by atoms with Gasteiger partial charge in [0.15, 0.2) is 0 Å². The van der Waals surface area contributed by atoms with Crippen molar-refractivity contribution in [3.63, 3.8) is 0 Å². The first-order valence-corrected chi connectivity index (χ1v) is 10.6. The Morgan fingerprint density at radius 3 is 2.16 bits per heavy atom. The van der Waals surface area contributed by atoms with Crippen LogP contribution in [0.1, 0.15) is 36.6 Å². The standard InChI is InChI=1S/C25H15BrN2O4/c1-13-10-15(26)11-19-20(25(31)32)12-21(27-22(13)19)14-6-8-16(9-7-14)28-23(29)17-4-2-3-5-18(17)24(28)30/h2-12H,1H3,(H,31,32). The predicted octanol–water partition coefficient (Wildman–Crippen LogP) is 5.47. The molecule has 32 heavy (non-hydrogen) atoms. The van der Waals surface area contributed by atoms with Crippen LogP contribution in [-0.2, 0) is 0 Å². The van der Waals surface area contributed by atoms with Gasteiger partial charge in [-0.15, -0.1) is 0 Å². The Labute approximate surface area is 191 Å². The molecule has 1 N–H and O–H groups in total. The number of rotatable bonds is 3. The zero-order valence-corrected chi connectivity index (χ0v) is 18.4. The maximum Gasteiger partial charge on any atom is 0.336 e. The number of benzene rings is 3. The minimum atomic E-state index is -1.04. The molecule has 1 aliphatic rings. The van der Waals surface area contributed by atoms with Gasteiger partial charge in [-0.1, -0.05) is 40.2 Å². The van der Waals surface area contributed by atoms with Crippen LogP contribution in [0.3, 0.4) is 0 Å². The topological polar surface area (TPSA) is 87.6 Å². The van der Waals surface area contributed by atoms with Crippen LogP contribution < -0.4 is 4.90 Å². The van der Waals surface area contributed by atoms with E-state index in [1.165, 1.54) is 6.07 Å². The molecule has 0 saturated heterocycles. The molecule has 4 aromatic rings. The van der Waals surface area contributed by atoms with E-state index in [0.717, 1.165) is 14.9 Å². The van der Waals surface area contributed by atoms with Gasteiger partial charge in [-0.25, -0.2) is 14.7 Å². The summed E-state index contributed by atoms with van der Waals surface area (Å²) in [4.78, 5) is 43.2. The van der Waals surface area contributed by atoms with Gasteiger partial charge in [0.25, 0.3) is 11.8 Å². The van der Waals surface area contributed by atoms with Crippen molar-refractivity contribution in [3.8, 4) is 11.3 Å². The van der Waals surface area contributed by atoms with Crippen molar-refractivity contribution in [3.05, 3.63) is 93.5 Å². The third kappa shape index (κ3) is 3.09. The van der Waals surface area contributed by atoms with Crippen molar-refractivity contribution in [2.24, 2.45) is 0 Å². The van der Waals surface area contributed by atoms with E-state index in [2.05, 4.69) is 20.9 Å². The van der Waals surface area contributed by atoms with Gasteiger partial charge < -0.3 is 5.11 Å². The van der Waals surface area contributed by atoms with E-state index in [4.69, 9.17) is 0 Å². The fourth-order valence-corrected chi connectivity index (χ4v) is 4.56. The van der Waals surface area contributed by atoms with Crippen LogP contribution in [0.2, 0.25) is 0 Å². The molecule has 0 saturated carbocycles. The van der Waals surface area contributed by atoms with E-state index in [9.17, 15) is 19.5 Å². The highest BCUT2D eigenvalue weighted by atomic mass is 79.9. The summed E-state index contributed by atoms with van der Waals surface area (Å²) in [5.74, 6) is -1.77. The Morgan fingerprint density at radius 2 is 1.56 bits per heavy atom. The van der Waals surface area contributed by atoms with Gasteiger partial charge >= 0.3 is 5.97 Å². The number of aromatic carboxylic acids is 1. The smallest absolute Gasteiger partial charge is 0.336 e. The fraction of sp³-hybridized carbons (Fsp3) is 0.0400. The molecule has 0 unspecified atom stereocenters. The quantitative estimate of drug-likeness (QED) is 0.387. The minimum absolute atomic E-state index is 0.152. The summed E-state index contributed by atoms with van der Waals surface area (Å²) in [7, 11) is 0. The Bertz CT molecular complexity index is 1430. The number of halogens is 1. The van der Waals surface area contributed by atoms with E-state index < -0.39 is 5.97 Å². The van der Waals surface area contributed by atoms with E-state index in [1.807, 2.05) is 13.0 Å². The highest BCUT2D eigenvalue weighted by molar-refractivity contribution is 9.10. The number of imide groups is 1. The summed E-state index contributed by atoms with van der Waals surface area (Å²) in [6.07, 6.45) is 0. The lowest BCUT2D eigenvalue weighted by Crippen LogP contribution is -2.29. The zero-order chi connectivity index (χ0) is 22.6. The second kappa shape index (κ2) is 7.39. The molecule has 0 radical (unpaired) electrons. The molecular formula is C25H15BrN2O4. The molecule has 7 heteroatoms. The lowest BCUT2D eigenvalue weighted by atomic mass is 10.0. The van der Waals surface area contributed by atoms with Crippen LogP contribution in [-0.4, -0.2) is 27.9 Å². The lowest BCUT2D eigenvalue weighted by Gasteiger charge is -2.15. The summed E-state index contributed by atoms with van der Waals surface area (Å²) in [6.45, 7) is 1.88. The fourth-order valence-electron chi connectivity index (χ4n) is 3.99. The number of carboxylic acid groups (broad SMARTS) is 1. The average Bonchev–Trinajstić information content (AvgIpc) is 3.03. The first kappa shape index (κ1) is 20.1. The highest BCUT2D eigenvalue weighted by Crippen LogP contribution is 2.32. The molecule has 1 aliphatic heterocycles. The largest absolute Gasteiger partial charge is 0.478 e. The maximum absolute atomic E-state index is 12.7. The first-order chi connectivity index (χ1) is 15.3. The molecule has 2 amide bonds. The summed E-state index contributed by atoms with van der Waals surface area (Å²) in [5, 5.41) is 10.3. The van der Waals surface area contributed by atoms with Crippen LogP contribution in [0.15, 0.2) is 71.2 Å². The van der Waals surface area contributed by atoms with Crippen LogP contribution in [0.4, 0.5) is 5.69 Å². The van der Waals surface area contributed by atoms with Gasteiger partial charge in [0.05, 0.1) is 33.6 Å². The van der Waals surface area contributed by atoms with Crippen LogP contribution in [0.25, 0.3) is 22.2 Å². The van der Waals surface area contributed by atoms with Crippen molar-refractivity contribution >= 4 is 50.3 Å². The molecule has 2 heterocycles. The lowest BCUT2D eigenvalue weighted by molar-refractivity contribution is 0.0698. The van der Waals surface area contributed by atoms with Crippen molar-refractivity contribution in [1.29, 1.82) is 0 Å². The van der Waals surface area contributed by atoms with Crippen molar-refractivity contribution in [2.75, 3.05) is 4.90 Å². The number of anilines is 1. The molecule has 6 nitrogen and oxygen atoms in total. The molecule has 0 spiro atoms. The van der Waals surface area contributed by atoms with Crippen LogP contribution in [0.5, 0.6) is 0 Å². The van der Waals surface area contributed by atoms with Crippen molar-refractivity contribution < 1.29 is 19.5 Å². The Balaban J connectivity index is 1.57. The van der Waals surface area contributed by atoms with Gasteiger partial charge in [-0.2, -0.15) is 0 Å². The van der Waals surface area contributed by atoms with Crippen molar-refractivity contribution in [1.82, 2.24) is 4.98 Å². The van der Waals surface area contributed by atoms with E-state index >= 15 is 0 Å². The van der Waals surface area contributed by atoms with Gasteiger partial charge in [0.2, 0.25) is 0 Å². The number of aryl methyl sites for hydroxylation is 1. The Hall–Kier alpha value is -3.84. The van der Waals surface area contributed by atoms with Gasteiger partial charge in [0.1, 0.15) is 0 Å². The number of hydrogen-bond acceptors (Lipinski definition) is 4. The highest BCUT2D eigenvalue weighted by Gasteiger charge is 2.36. The molecule has 156 valence electrons. The second-order valence-electron chi connectivity index (χ2n) is 7.52. The van der Waals surface area contributed by atoms with E-state index in [0.29, 0.717) is 39.0 Å². The van der Waals surface area contributed by atoms with E-state index in [-0.39, 0.29) is 17.4 Å². The molecule has 3 aromatic carbocycles. The number of carboxylic acids is 1. The van der Waals surface area contributed by atoms with Gasteiger partial charge in [-0.3, -0.25) is 9.59 Å².